The summed E-state index contributed by atoms with van der Waals surface area (Å²) in [7, 11) is 0. The predicted molar refractivity (Wildman–Crippen MR) is 83.3 cm³/mol. The molecular formula is C18H23Cl. The fourth-order valence-corrected chi connectivity index (χ4v) is 4.03. The van der Waals surface area contributed by atoms with E-state index < -0.39 is 0 Å². The molecule has 19 heavy (non-hydrogen) atoms. The van der Waals surface area contributed by atoms with Crippen LogP contribution in [0.15, 0.2) is 30.3 Å². The molecular weight excluding hydrogens is 252 g/mol. The van der Waals surface area contributed by atoms with Crippen molar-refractivity contribution >= 4 is 17.7 Å². The first-order valence-electron chi connectivity index (χ1n) is 7.75. The van der Waals surface area contributed by atoms with Crippen LogP contribution in [0.1, 0.15) is 50.5 Å². The monoisotopic (exact) mass is 274 g/mol. The molecule has 0 spiro atoms. The maximum absolute atomic E-state index is 5.91. The number of allylic oxidation sites excluding steroid dienone is 1. The van der Waals surface area contributed by atoms with E-state index in [4.69, 9.17) is 11.6 Å². The molecule has 3 atom stereocenters. The summed E-state index contributed by atoms with van der Waals surface area (Å²) in [5.41, 5.74) is 1.27. The molecule has 2 aliphatic rings. The first-order chi connectivity index (χ1) is 9.31. The summed E-state index contributed by atoms with van der Waals surface area (Å²) in [6, 6.07) is 8.15. The van der Waals surface area contributed by atoms with Crippen molar-refractivity contribution in [3.8, 4) is 0 Å². The highest BCUT2D eigenvalue weighted by atomic mass is 35.5. The second kappa shape index (κ2) is 6.13. The van der Waals surface area contributed by atoms with Crippen molar-refractivity contribution in [2.75, 3.05) is 0 Å². The Labute approximate surface area is 121 Å². The van der Waals surface area contributed by atoms with Gasteiger partial charge in [-0.15, -0.1) is 0 Å². The lowest BCUT2D eigenvalue weighted by atomic mass is 9.67. The topological polar surface area (TPSA) is 0 Å². The minimum absolute atomic E-state index is 0.801. The molecule has 1 aromatic carbocycles. The molecule has 1 heteroatoms. The van der Waals surface area contributed by atoms with Crippen LogP contribution in [-0.4, -0.2) is 0 Å². The minimum Gasteiger partial charge on any atom is -0.0843 e. The molecule has 3 unspecified atom stereocenters. The summed E-state index contributed by atoms with van der Waals surface area (Å²) < 4.78 is 0. The van der Waals surface area contributed by atoms with Gasteiger partial charge in [0, 0.05) is 5.02 Å². The number of fused-ring (bicyclic) bond motifs is 1. The molecule has 0 bridgehead atoms. The van der Waals surface area contributed by atoms with E-state index in [0.717, 1.165) is 22.8 Å². The molecule has 2 saturated carbocycles. The van der Waals surface area contributed by atoms with Crippen molar-refractivity contribution in [2.45, 2.75) is 44.9 Å². The highest BCUT2D eigenvalue weighted by Crippen LogP contribution is 2.43. The van der Waals surface area contributed by atoms with Crippen LogP contribution in [0.25, 0.3) is 6.08 Å². The zero-order chi connectivity index (χ0) is 13.1. The van der Waals surface area contributed by atoms with Crippen molar-refractivity contribution in [1.82, 2.24) is 0 Å². The predicted octanol–water partition coefficient (Wildman–Crippen LogP) is 5.96. The fraction of sp³-hybridized carbons (Fsp3) is 0.556. The summed E-state index contributed by atoms with van der Waals surface area (Å²) in [6.07, 6.45) is 14.9. The van der Waals surface area contributed by atoms with Gasteiger partial charge < -0.3 is 0 Å². The average molecular weight is 275 g/mol. The van der Waals surface area contributed by atoms with Crippen molar-refractivity contribution in [2.24, 2.45) is 17.8 Å². The summed E-state index contributed by atoms with van der Waals surface area (Å²) in [5.74, 6) is 2.87. The molecule has 0 aromatic heterocycles. The second-order valence-corrected chi connectivity index (χ2v) is 6.72. The van der Waals surface area contributed by atoms with Gasteiger partial charge in [0.15, 0.2) is 0 Å². The number of rotatable bonds is 2. The van der Waals surface area contributed by atoms with Crippen molar-refractivity contribution in [3.05, 3.63) is 40.9 Å². The summed E-state index contributed by atoms with van der Waals surface area (Å²) in [6.45, 7) is 0. The maximum atomic E-state index is 5.91. The molecule has 2 aliphatic carbocycles. The van der Waals surface area contributed by atoms with Crippen LogP contribution in [0.2, 0.25) is 5.02 Å². The first-order valence-corrected chi connectivity index (χ1v) is 8.13. The molecule has 0 heterocycles. The van der Waals surface area contributed by atoms with Gasteiger partial charge in [-0.1, -0.05) is 61.6 Å². The van der Waals surface area contributed by atoms with Crippen LogP contribution in [0.4, 0.5) is 0 Å². The van der Waals surface area contributed by atoms with E-state index >= 15 is 0 Å². The van der Waals surface area contributed by atoms with E-state index in [-0.39, 0.29) is 0 Å². The van der Waals surface area contributed by atoms with E-state index in [0.29, 0.717) is 0 Å². The van der Waals surface area contributed by atoms with Gasteiger partial charge in [0.2, 0.25) is 0 Å². The van der Waals surface area contributed by atoms with Crippen LogP contribution in [0.3, 0.4) is 0 Å². The maximum Gasteiger partial charge on any atom is 0.0406 e. The Bertz CT molecular complexity index is 432. The Hall–Kier alpha value is -0.750. The van der Waals surface area contributed by atoms with Crippen LogP contribution in [-0.2, 0) is 0 Å². The third kappa shape index (κ3) is 3.42. The van der Waals surface area contributed by atoms with E-state index in [1.54, 1.807) is 0 Å². The van der Waals surface area contributed by atoms with Gasteiger partial charge >= 0.3 is 0 Å². The quantitative estimate of drug-likeness (QED) is 0.624. The molecule has 0 saturated heterocycles. The molecule has 1 aromatic rings. The average Bonchev–Trinajstić information content (AvgIpc) is 2.46. The Morgan fingerprint density at radius 2 is 1.63 bits per heavy atom. The summed E-state index contributed by atoms with van der Waals surface area (Å²) >= 11 is 5.91. The smallest absolute Gasteiger partial charge is 0.0406 e. The number of halogens is 1. The van der Waals surface area contributed by atoms with E-state index in [1.807, 2.05) is 12.1 Å². The van der Waals surface area contributed by atoms with Gasteiger partial charge in [0.1, 0.15) is 0 Å². The van der Waals surface area contributed by atoms with Crippen molar-refractivity contribution < 1.29 is 0 Å². The van der Waals surface area contributed by atoms with Crippen molar-refractivity contribution in [3.63, 3.8) is 0 Å². The second-order valence-electron chi connectivity index (χ2n) is 6.29. The zero-order valence-electron chi connectivity index (χ0n) is 11.5. The van der Waals surface area contributed by atoms with Crippen molar-refractivity contribution in [1.29, 1.82) is 0 Å². The van der Waals surface area contributed by atoms with Crippen LogP contribution in [0, 0.1) is 17.8 Å². The van der Waals surface area contributed by atoms with Gasteiger partial charge in [-0.25, -0.2) is 0 Å². The normalized spacial score (nSPS) is 31.3. The third-order valence-corrected chi connectivity index (χ3v) is 5.26. The van der Waals surface area contributed by atoms with Crippen LogP contribution in [0.5, 0.6) is 0 Å². The van der Waals surface area contributed by atoms with Gasteiger partial charge in [-0.2, -0.15) is 0 Å². The largest absolute Gasteiger partial charge is 0.0843 e. The van der Waals surface area contributed by atoms with Gasteiger partial charge in [0.25, 0.3) is 0 Å². The molecule has 0 radical (unpaired) electrons. The van der Waals surface area contributed by atoms with Gasteiger partial charge in [-0.3, -0.25) is 0 Å². The van der Waals surface area contributed by atoms with E-state index in [2.05, 4.69) is 24.3 Å². The first kappa shape index (κ1) is 13.2. The Morgan fingerprint density at radius 3 is 2.42 bits per heavy atom. The number of hydrogen-bond acceptors (Lipinski definition) is 0. The van der Waals surface area contributed by atoms with Gasteiger partial charge in [-0.05, 0) is 54.7 Å². The standard InChI is InChI=1S/C18H23Cl/c19-18-11-8-14(9-12-18)5-6-15-7-10-16-3-1-2-4-17(16)13-15/h5-6,8-9,11-12,15-17H,1-4,7,10,13H2/b6-5+. The fourth-order valence-electron chi connectivity index (χ4n) is 3.91. The van der Waals surface area contributed by atoms with Gasteiger partial charge in [0.05, 0.1) is 0 Å². The Kier molecular flexibility index (Phi) is 4.28. The Balaban J connectivity index is 1.59. The van der Waals surface area contributed by atoms with E-state index in [1.165, 1.54) is 50.5 Å². The lowest BCUT2D eigenvalue weighted by Crippen LogP contribution is -2.26. The van der Waals surface area contributed by atoms with E-state index in [9.17, 15) is 0 Å². The number of hydrogen-bond donors (Lipinski definition) is 0. The highest BCUT2D eigenvalue weighted by molar-refractivity contribution is 6.30. The highest BCUT2D eigenvalue weighted by Gasteiger charge is 2.30. The molecule has 3 rings (SSSR count). The molecule has 2 fully saturated rings. The molecule has 0 aliphatic heterocycles. The zero-order valence-corrected chi connectivity index (χ0v) is 12.3. The Morgan fingerprint density at radius 1 is 0.895 bits per heavy atom. The molecule has 0 N–H and O–H groups in total. The molecule has 0 nitrogen and oxygen atoms in total. The van der Waals surface area contributed by atoms with Crippen LogP contribution >= 0.6 is 11.6 Å². The molecule has 102 valence electrons. The molecule has 0 amide bonds. The summed E-state index contributed by atoms with van der Waals surface area (Å²) in [5, 5.41) is 0.819. The lowest BCUT2D eigenvalue weighted by Gasteiger charge is -2.38. The third-order valence-electron chi connectivity index (χ3n) is 5.01. The lowest BCUT2D eigenvalue weighted by molar-refractivity contribution is 0.147. The SMILES string of the molecule is Clc1ccc(/C=C/C2CCC3CCCCC3C2)cc1. The minimum atomic E-state index is 0.801. The van der Waals surface area contributed by atoms with Crippen LogP contribution < -0.4 is 0 Å². The summed E-state index contributed by atoms with van der Waals surface area (Å²) in [4.78, 5) is 0. The number of benzene rings is 1.